The number of carbonyl (C=O) groups excluding carboxylic acids is 6. The van der Waals surface area contributed by atoms with Crippen LogP contribution in [0.5, 0.6) is 0 Å². The summed E-state index contributed by atoms with van der Waals surface area (Å²) in [5, 5.41) is 29.9. The minimum absolute atomic E-state index is 0. The fourth-order valence-corrected chi connectivity index (χ4v) is 3.81. The van der Waals surface area contributed by atoms with Crippen molar-refractivity contribution in [1.29, 1.82) is 0 Å². The highest BCUT2D eigenvalue weighted by molar-refractivity contribution is 6.12. The first-order valence-corrected chi connectivity index (χ1v) is 13.7. The minimum atomic E-state index is -0.994. The molecule has 4 aliphatic rings. The van der Waals surface area contributed by atoms with Crippen molar-refractivity contribution >= 4 is 35.4 Å². The van der Waals surface area contributed by atoms with Crippen LogP contribution in [0.25, 0.3) is 0 Å². The third-order valence-corrected chi connectivity index (χ3v) is 6.09. The zero-order chi connectivity index (χ0) is 33.6. The molecule has 0 aromatic carbocycles. The summed E-state index contributed by atoms with van der Waals surface area (Å²) in [6.45, 7) is 10.1. The number of imide groups is 2. The van der Waals surface area contributed by atoms with E-state index in [-0.39, 0.29) is 38.2 Å². The number of amides is 6. The Kier molecular flexibility index (Phi) is 16.7. The van der Waals surface area contributed by atoms with Crippen molar-refractivity contribution in [3.63, 3.8) is 0 Å². The molecule has 1 fully saturated rings. The molecular formula is C28H43N4O11-. The molecule has 15 nitrogen and oxygen atoms in total. The average molecular weight is 612 g/mol. The second-order valence-corrected chi connectivity index (χ2v) is 8.73. The third-order valence-electron chi connectivity index (χ3n) is 6.09. The van der Waals surface area contributed by atoms with Crippen molar-refractivity contribution < 1.29 is 55.0 Å². The quantitative estimate of drug-likeness (QED) is 0.339. The Morgan fingerprint density at radius 3 is 1.47 bits per heavy atom. The number of nitrogens with zero attached hydrogens (tertiary/aromatic N) is 4. The molecule has 15 heteroatoms. The summed E-state index contributed by atoms with van der Waals surface area (Å²) in [7, 11) is 5.59. The molecule has 4 unspecified atom stereocenters. The van der Waals surface area contributed by atoms with Gasteiger partial charge in [0.25, 0.3) is 23.6 Å². The van der Waals surface area contributed by atoms with Gasteiger partial charge in [-0.2, -0.15) is 0 Å². The maximum Gasteiger partial charge on any atom is 1.00 e. The van der Waals surface area contributed by atoms with E-state index in [0.717, 1.165) is 19.6 Å². The first-order valence-electron chi connectivity index (χ1n) is 13.7. The SMILES string of the molecule is CC.CCO.CCOC1C(=O)N(C)C(=O)C1C1C=C([O-])N(C)C1=O.CCOC1C=C([O-])N(C)C1=O.CN1C(=O)C=CC1=O.[H+]. The molecule has 0 saturated carbocycles. The van der Waals surface area contributed by atoms with E-state index >= 15 is 0 Å². The summed E-state index contributed by atoms with van der Waals surface area (Å²) in [5.74, 6) is -4.80. The highest BCUT2D eigenvalue weighted by atomic mass is 16.5. The highest BCUT2D eigenvalue weighted by Gasteiger charge is 2.53. The van der Waals surface area contributed by atoms with Gasteiger partial charge in [-0.25, -0.2) is 0 Å². The normalized spacial score (nSPS) is 24.0. The van der Waals surface area contributed by atoms with E-state index in [1.165, 1.54) is 52.5 Å². The van der Waals surface area contributed by atoms with Gasteiger partial charge in [-0.1, -0.05) is 19.9 Å². The van der Waals surface area contributed by atoms with E-state index in [4.69, 9.17) is 14.6 Å². The standard InChI is InChI=1S/C12H16N2O5.C7H11NO3.C5H5NO2.C2H6O.C2H6/c1-4-19-9-8(11(17)14(3)12(9)18)6-5-7(15)13(2)10(6)16;1-3-11-5-4-6(9)8(2)7(5)10;1-6-4(7)2-3-5(6)8;1-2-3;1-2/h5-6,8-9,15H,4H2,1-3H3;4-5,9H,3H2,1-2H3;2-3H,1H3;3H,2H2,1H3;1-2H3/p-1. The monoisotopic (exact) mass is 611 g/mol. The molecule has 1 N–H and O–H groups in total. The molecular weight excluding hydrogens is 568 g/mol. The van der Waals surface area contributed by atoms with Gasteiger partial charge in [-0.05, 0) is 38.6 Å². The number of hydrogen-bond acceptors (Lipinski definition) is 11. The molecule has 0 radical (unpaired) electrons. The molecule has 4 rings (SSSR count). The summed E-state index contributed by atoms with van der Waals surface area (Å²) < 4.78 is 10.3. The van der Waals surface area contributed by atoms with Gasteiger partial charge in [0.1, 0.15) is 6.10 Å². The summed E-state index contributed by atoms with van der Waals surface area (Å²) in [5.41, 5.74) is 0. The van der Waals surface area contributed by atoms with Crippen LogP contribution in [0.1, 0.15) is 36.0 Å². The number of aliphatic hydroxyl groups excluding tert-OH is 1. The molecule has 0 spiro atoms. The van der Waals surface area contributed by atoms with Crippen LogP contribution in [0.2, 0.25) is 0 Å². The molecule has 1 saturated heterocycles. The first-order chi connectivity index (χ1) is 20.2. The van der Waals surface area contributed by atoms with Gasteiger partial charge >= 0.3 is 1.43 Å². The first kappa shape index (κ1) is 38.9. The van der Waals surface area contributed by atoms with E-state index in [9.17, 15) is 39.0 Å². The van der Waals surface area contributed by atoms with Crippen molar-refractivity contribution in [1.82, 2.24) is 19.6 Å². The van der Waals surface area contributed by atoms with Crippen LogP contribution in [0.4, 0.5) is 0 Å². The Morgan fingerprint density at radius 2 is 1.14 bits per heavy atom. The molecule has 4 heterocycles. The third kappa shape index (κ3) is 9.73. The minimum Gasteiger partial charge on any atom is -0.860 e. The number of likely N-dealkylation sites (tertiary alicyclic amines) is 1. The van der Waals surface area contributed by atoms with E-state index in [1.807, 2.05) is 13.8 Å². The number of ether oxygens (including phenoxy) is 2. The average Bonchev–Trinajstić information content (AvgIpc) is 3.59. The van der Waals surface area contributed by atoms with Crippen molar-refractivity contribution in [2.75, 3.05) is 48.0 Å². The topological polar surface area (TPSA) is 200 Å². The van der Waals surface area contributed by atoms with Gasteiger partial charge in [-0.3, -0.25) is 38.6 Å². The van der Waals surface area contributed by atoms with Crippen LogP contribution in [-0.2, 0) is 38.2 Å². The van der Waals surface area contributed by atoms with E-state index in [0.29, 0.717) is 6.61 Å². The van der Waals surface area contributed by atoms with Gasteiger partial charge in [0.2, 0.25) is 11.8 Å². The smallest absolute Gasteiger partial charge is 0.860 e. The van der Waals surface area contributed by atoms with Crippen LogP contribution < -0.4 is 10.2 Å². The lowest BCUT2D eigenvalue weighted by Gasteiger charge is -2.21. The summed E-state index contributed by atoms with van der Waals surface area (Å²) >= 11 is 0. The van der Waals surface area contributed by atoms with Crippen molar-refractivity contribution in [3.8, 4) is 0 Å². The molecule has 0 bridgehead atoms. The predicted molar refractivity (Wildman–Crippen MR) is 149 cm³/mol. The van der Waals surface area contributed by atoms with Gasteiger partial charge in [-0.15, -0.1) is 0 Å². The Morgan fingerprint density at radius 1 is 0.698 bits per heavy atom. The molecule has 4 aliphatic heterocycles. The highest BCUT2D eigenvalue weighted by Crippen LogP contribution is 2.34. The van der Waals surface area contributed by atoms with Crippen molar-refractivity contribution in [3.05, 3.63) is 36.1 Å². The van der Waals surface area contributed by atoms with Gasteiger partial charge < -0.3 is 34.6 Å². The summed E-state index contributed by atoms with van der Waals surface area (Å²) in [6, 6.07) is 0. The Bertz CT molecular complexity index is 1110. The van der Waals surface area contributed by atoms with Gasteiger partial charge in [0.05, 0.1) is 11.8 Å². The number of carbonyl (C=O) groups is 6. The lowest BCUT2D eigenvalue weighted by Crippen LogP contribution is -2.38. The van der Waals surface area contributed by atoms with E-state index < -0.39 is 47.6 Å². The van der Waals surface area contributed by atoms with Gasteiger partial charge in [0.15, 0.2) is 6.10 Å². The van der Waals surface area contributed by atoms with Crippen molar-refractivity contribution in [2.24, 2.45) is 11.8 Å². The molecule has 242 valence electrons. The maximum atomic E-state index is 12.1. The summed E-state index contributed by atoms with van der Waals surface area (Å²) in [4.78, 5) is 71.8. The number of aliphatic hydroxyl groups is 1. The zero-order valence-corrected chi connectivity index (χ0v) is 26.1. The Labute approximate surface area is 253 Å². The van der Waals surface area contributed by atoms with Crippen LogP contribution in [0, 0.1) is 11.8 Å². The molecule has 6 amide bonds. The Hall–Kier alpha value is -4.08. The second-order valence-electron chi connectivity index (χ2n) is 8.73. The lowest BCUT2D eigenvalue weighted by molar-refractivity contribution is -0.326. The van der Waals surface area contributed by atoms with Crippen LogP contribution in [0.15, 0.2) is 36.1 Å². The van der Waals surface area contributed by atoms with E-state index in [2.05, 4.69) is 0 Å². The van der Waals surface area contributed by atoms with E-state index in [1.54, 1.807) is 20.8 Å². The van der Waals surface area contributed by atoms with Crippen molar-refractivity contribution in [2.45, 2.75) is 46.8 Å². The number of hydrogen-bond donors (Lipinski definition) is 1. The molecule has 4 atom stereocenters. The lowest BCUT2D eigenvalue weighted by atomic mass is 9.89. The predicted octanol–water partition coefficient (Wildman–Crippen LogP) is -1.96. The van der Waals surface area contributed by atoms with Crippen LogP contribution in [0.3, 0.4) is 0 Å². The van der Waals surface area contributed by atoms with Crippen LogP contribution >= 0.6 is 0 Å². The molecule has 0 aliphatic carbocycles. The summed E-state index contributed by atoms with van der Waals surface area (Å²) in [6.07, 6.45) is 3.32. The largest absolute Gasteiger partial charge is 1.00 e. The fourth-order valence-electron chi connectivity index (χ4n) is 3.81. The number of rotatable bonds is 5. The zero-order valence-electron chi connectivity index (χ0n) is 27.1. The van der Waals surface area contributed by atoms with Crippen LogP contribution in [-0.4, -0.2) is 120 Å². The molecule has 0 aromatic heterocycles. The fraction of sp³-hybridized carbons (Fsp3) is 0.571. The Balaban J connectivity index is 0. The molecule has 43 heavy (non-hydrogen) atoms. The number of likely N-dealkylation sites (N-methyl/N-ethyl adjacent to an activating group) is 3. The molecule has 0 aromatic rings. The maximum absolute atomic E-state index is 12.1. The van der Waals surface area contributed by atoms with Gasteiger partial charge in [0, 0.05) is 60.2 Å². The second kappa shape index (κ2) is 18.5.